The lowest BCUT2D eigenvalue weighted by molar-refractivity contribution is 0.985. The molecule has 7 nitrogen and oxygen atoms in total. The SMILES string of the molecule is CCc1cc(=O)[nH]c(-c2ccc(NCCNc3ccc4ccccc4n3)nc2)n1. The Labute approximate surface area is 168 Å². The fourth-order valence-electron chi connectivity index (χ4n) is 3.01. The molecule has 0 bridgehead atoms. The van der Waals surface area contributed by atoms with E-state index in [1.807, 2.05) is 49.4 Å². The van der Waals surface area contributed by atoms with Crippen LogP contribution in [0.4, 0.5) is 11.6 Å². The average Bonchev–Trinajstić information content (AvgIpc) is 2.76. The third kappa shape index (κ3) is 4.57. The molecule has 4 aromatic rings. The summed E-state index contributed by atoms with van der Waals surface area (Å²) >= 11 is 0. The van der Waals surface area contributed by atoms with Gasteiger partial charge in [0.15, 0.2) is 0 Å². The van der Waals surface area contributed by atoms with Gasteiger partial charge >= 0.3 is 0 Å². The Balaban J connectivity index is 1.33. The van der Waals surface area contributed by atoms with E-state index in [0.717, 1.165) is 33.8 Å². The zero-order chi connectivity index (χ0) is 20.1. The molecular formula is C22H22N6O. The number of hydrogen-bond acceptors (Lipinski definition) is 6. The molecule has 0 aliphatic carbocycles. The molecule has 0 saturated heterocycles. The molecule has 0 amide bonds. The summed E-state index contributed by atoms with van der Waals surface area (Å²) in [6.07, 6.45) is 2.42. The molecular weight excluding hydrogens is 364 g/mol. The van der Waals surface area contributed by atoms with Gasteiger partial charge in [-0.3, -0.25) is 4.79 Å². The second-order valence-corrected chi connectivity index (χ2v) is 6.61. The van der Waals surface area contributed by atoms with Crippen LogP contribution in [0.15, 0.2) is 65.6 Å². The van der Waals surface area contributed by atoms with Gasteiger partial charge in [0.05, 0.1) is 5.52 Å². The molecule has 0 spiro atoms. The molecule has 0 fully saturated rings. The van der Waals surface area contributed by atoms with Crippen LogP contribution in [-0.4, -0.2) is 33.0 Å². The topological polar surface area (TPSA) is 95.6 Å². The number of pyridine rings is 2. The molecule has 0 aliphatic rings. The number of fused-ring (bicyclic) bond motifs is 1. The largest absolute Gasteiger partial charge is 0.368 e. The maximum absolute atomic E-state index is 11.7. The van der Waals surface area contributed by atoms with E-state index >= 15 is 0 Å². The Morgan fingerprint density at radius 2 is 1.72 bits per heavy atom. The van der Waals surface area contributed by atoms with Gasteiger partial charge in [0, 0.05) is 42.0 Å². The molecule has 3 heterocycles. The van der Waals surface area contributed by atoms with E-state index in [2.05, 4.69) is 36.6 Å². The summed E-state index contributed by atoms with van der Waals surface area (Å²) in [5, 5.41) is 7.71. The molecule has 3 aromatic heterocycles. The van der Waals surface area contributed by atoms with E-state index in [1.165, 1.54) is 6.07 Å². The first-order valence-corrected chi connectivity index (χ1v) is 9.61. The minimum Gasteiger partial charge on any atom is -0.368 e. The highest BCUT2D eigenvalue weighted by molar-refractivity contribution is 5.80. The maximum atomic E-state index is 11.7. The number of H-pyrrole nitrogens is 1. The summed E-state index contributed by atoms with van der Waals surface area (Å²) in [5.74, 6) is 2.15. The lowest BCUT2D eigenvalue weighted by Gasteiger charge is -2.09. The number of anilines is 2. The van der Waals surface area contributed by atoms with Crippen molar-refractivity contribution in [2.24, 2.45) is 0 Å². The Morgan fingerprint density at radius 1 is 0.931 bits per heavy atom. The molecule has 29 heavy (non-hydrogen) atoms. The zero-order valence-electron chi connectivity index (χ0n) is 16.1. The van der Waals surface area contributed by atoms with Crippen LogP contribution >= 0.6 is 0 Å². The number of para-hydroxylation sites is 1. The van der Waals surface area contributed by atoms with Crippen molar-refractivity contribution in [2.75, 3.05) is 23.7 Å². The van der Waals surface area contributed by atoms with Crippen molar-refractivity contribution < 1.29 is 0 Å². The fraction of sp³-hybridized carbons (Fsp3) is 0.182. The van der Waals surface area contributed by atoms with Gasteiger partial charge in [0.1, 0.15) is 17.5 Å². The molecule has 3 N–H and O–H groups in total. The summed E-state index contributed by atoms with van der Waals surface area (Å²) in [5.41, 5.74) is 2.37. The van der Waals surface area contributed by atoms with E-state index in [-0.39, 0.29) is 5.56 Å². The van der Waals surface area contributed by atoms with Crippen molar-refractivity contribution in [3.63, 3.8) is 0 Å². The molecule has 0 atom stereocenters. The molecule has 0 unspecified atom stereocenters. The molecule has 0 aliphatic heterocycles. The molecule has 0 radical (unpaired) electrons. The van der Waals surface area contributed by atoms with Crippen molar-refractivity contribution in [3.8, 4) is 11.4 Å². The third-order valence-corrected chi connectivity index (χ3v) is 4.53. The molecule has 7 heteroatoms. The van der Waals surface area contributed by atoms with Gasteiger partial charge in [0.25, 0.3) is 5.56 Å². The normalized spacial score (nSPS) is 10.8. The van der Waals surface area contributed by atoms with Gasteiger partial charge in [-0.1, -0.05) is 25.1 Å². The van der Waals surface area contributed by atoms with Gasteiger partial charge < -0.3 is 15.6 Å². The fourth-order valence-corrected chi connectivity index (χ4v) is 3.01. The van der Waals surface area contributed by atoms with Crippen LogP contribution < -0.4 is 16.2 Å². The zero-order valence-corrected chi connectivity index (χ0v) is 16.1. The van der Waals surface area contributed by atoms with E-state index in [9.17, 15) is 4.79 Å². The molecule has 0 saturated carbocycles. The lowest BCUT2D eigenvalue weighted by atomic mass is 10.2. The van der Waals surface area contributed by atoms with Crippen molar-refractivity contribution >= 4 is 22.5 Å². The first kappa shape index (κ1) is 18.6. The number of benzene rings is 1. The average molecular weight is 386 g/mol. The highest BCUT2D eigenvalue weighted by Crippen LogP contribution is 2.16. The standard InChI is InChI=1S/C22H22N6O/c1-2-17-13-21(29)28-22(26-17)16-8-9-19(25-14-16)23-11-12-24-20-10-7-15-5-3-4-6-18(15)27-20/h3-10,13-14H,2,11-12H2,1H3,(H,23,25)(H,24,27)(H,26,28,29). The first-order valence-electron chi connectivity index (χ1n) is 9.61. The number of aryl methyl sites for hydroxylation is 1. The van der Waals surface area contributed by atoms with E-state index < -0.39 is 0 Å². The lowest BCUT2D eigenvalue weighted by Crippen LogP contribution is -2.15. The minimum absolute atomic E-state index is 0.151. The smallest absolute Gasteiger partial charge is 0.251 e. The summed E-state index contributed by atoms with van der Waals surface area (Å²) in [7, 11) is 0. The van der Waals surface area contributed by atoms with E-state index in [4.69, 9.17) is 0 Å². The van der Waals surface area contributed by atoms with Crippen LogP contribution in [0.3, 0.4) is 0 Å². The van der Waals surface area contributed by atoms with Gasteiger partial charge in [0.2, 0.25) is 0 Å². The molecule has 4 rings (SSSR count). The summed E-state index contributed by atoms with van der Waals surface area (Å²) in [6, 6.07) is 17.4. The quantitative estimate of drug-likeness (QED) is 0.421. The van der Waals surface area contributed by atoms with E-state index in [1.54, 1.807) is 6.20 Å². The third-order valence-electron chi connectivity index (χ3n) is 4.53. The second-order valence-electron chi connectivity index (χ2n) is 6.61. The van der Waals surface area contributed by atoms with Crippen LogP contribution in [-0.2, 0) is 6.42 Å². The Hall–Kier alpha value is -3.74. The van der Waals surface area contributed by atoms with Gasteiger partial charge in [-0.15, -0.1) is 0 Å². The predicted molar refractivity (Wildman–Crippen MR) is 116 cm³/mol. The van der Waals surface area contributed by atoms with E-state index in [0.29, 0.717) is 25.3 Å². The predicted octanol–water partition coefficient (Wildman–Crippen LogP) is 3.47. The molecule has 1 aromatic carbocycles. The number of aromatic nitrogens is 4. The summed E-state index contributed by atoms with van der Waals surface area (Å²) in [4.78, 5) is 27.9. The van der Waals surface area contributed by atoms with Crippen molar-refractivity contribution in [1.29, 1.82) is 0 Å². The molecule has 146 valence electrons. The van der Waals surface area contributed by atoms with Crippen LogP contribution in [0.5, 0.6) is 0 Å². The van der Waals surface area contributed by atoms with Crippen LogP contribution in [0.25, 0.3) is 22.3 Å². The number of rotatable bonds is 7. The van der Waals surface area contributed by atoms with Crippen LogP contribution in [0.2, 0.25) is 0 Å². The van der Waals surface area contributed by atoms with Crippen molar-refractivity contribution in [3.05, 3.63) is 76.8 Å². The van der Waals surface area contributed by atoms with Crippen molar-refractivity contribution in [2.45, 2.75) is 13.3 Å². The first-order chi connectivity index (χ1) is 14.2. The Bertz CT molecular complexity index is 1170. The van der Waals surface area contributed by atoms with Gasteiger partial charge in [-0.05, 0) is 36.8 Å². The highest BCUT2D eigenvalue weighted by atomic mass is 16.1. The highest BCUT2D eigenvalue weighted by Gasteiger charge is 2.04. The van der Waals surface area contributed by atoms with Crippen LogP contribution in [0, 0.1) is 0 Å². The monoisotopic (exact) mass is 386 g/mol. The maximum Gasteiger partial charge on any atom is 0.251 e. The van der Waals surface area contributed by atoms with Crippen LogP contribution in [0.1, 0.15) is 12.6 Å². The Kier molecular flexibility index (Phi) is 5.47. The Morgan fingerprint density at radius 3 is 2.52 bits per heavy atom. The summed E-state index contributed by atoms with van der Waals surface area (Å²) in [6.45, 7) is 3.38. The van der Waals surface area contributed by atoms with Gasteiger partial charge in [-0.2, -0.15) is 0 Å². The van der Waals surface area contributed by atoms with Gasteiger partial charge in [-0.25, -0.2) is 15.0 Å². The van der Waals surface area contributed by atoms with Crippen molar-refractivity contribution in [1.82, 2.24) is 19.9 Å². The number of aromatic amines is 1. The number of hydrogen-bond donors (Lipinski definition) is 3. The number of nitrogens with zero attached hydrogens (tertiary/aromatic N) is 3. The second kappa shape index (κ2) is 8.52. The number of nitrogens with one attached hydrogen (secondary N) is 3. The minimum atomic E-state index is -0.151. The summed E-state index contributed by atoms with van der Waals surface area (Å²) < 4.78 is 0.